The Labute approximate surface area is 94.7 Å². The van der Waals surface area contributed by atoms with Crippen molar-refractivity contribution < 1.29 is 0 Å². The van der Waals surface area contributed by atoms with Gasteiger partial charge in [0, 0.05) is 0 Å². The highest BCUT2D eigenvalue weighted by Crippen LogP contribution is 2.13. The molecule has 0 amide bonds. The van der Waals surface area contributed by atoms with Gasteiger partial charge in [-0.05, 0) is 48.1 Å². The van der Waals surface area contributed by atoms with E-state index >= 15 is 0 Å². The third kappa shape index (κ3) is 4.07. The van der Waals surface area contributed by atoms with Crippen LogP contribution in [0.1, 0.15) is 56.7 Å². The molecule has 0 bridgehead atoms. The minimum absolute atomic E-state index is 1.12. The Morgan fingerprint density at radius 3 is 1.67 bits per heavy atom. The molecule has 0 spiro atoms. The van der Waals surface area contributed by atoms with E-state index in [1.807, 2.05) is 0 Å². The lowest BCUT2D eigenvalue weighted by Crippen LogP contribution is -1.95. The smallest absolute Gasteiger partial charge is 0.0108 e. The maximum absolute atomic E-state index is 3.49. The van der Waals surface area contributed by atoms with Gasteiger partial charge in [-0.15, -0.1) is 0 Å². The van der Waals surface area contributed by atoms with Crippen LogP contribution in [0.4, 0.5) is 0 Å². The van der Waals surface area contributed by atoms with Gasteiger partial charge in [0.05, 0.1) is 0 Å². The fraction of sp³-hybridized carbons (Fsp3) is 0.600. The topological polar surface area (TPSA) is 0 Å². The number of rotatable bonds is 6. The van der Waals surface area contributed by atoms with E-state index < -0.39 is 0 Å². The van der Waals surface area contributed by atoms with E-state index in [9.17, 15) is 0 Å². The maximum Gasteiger partial charge on any atom is -0.0108 e. The summed E-state index contributed by atoms with van der Waals surface area (Å²) < 4.78 is 0. The van der Waals surface area contributed by atoms with Crippen LogP contribution >= 0.6 is 0 Å². The van der Waals surface area contributed by atoms with E-state index in [4.69, 9.17) is 0 Å². The Hall–Kier alpha value is -0.780. The highest BCUT2D eigenvalue weighted by atomic mass is 14.1. The van der Waals surface area contributed by atoms with Crippen molar-refractivity contribution in [2.75, 3.05) is 0 Å². The molecule has 0 heterocycles. The molecule has 0 aliphatic heterocycles. The molecule has 0 aliphatic rings. The van der Waals surface area contributed by atoms with Gasteiger partial charge in [0.2, 0.25) is 0 Å². The first-order chi connectivity index (χ1) is 7.30. The fourth-order valence-electron chi connectivity index (χ4n) is 1.88. The van der Waals surface area contributed by atoms with Crippen LogP contribution in [0.15, 0.2) is 6.07 Å². The van der Waals surface area contributed by atoms with Gasteiger partial charge < -0.3 is 0 Å². The van der Waals surface area contributed by atoms with E-state index in [-0.39, 0.29) is 0 Å². The number of hydrogen-bond donors (Lipinski definition) is 0. The number of hydrogen-bond acceptors (Lipinski definition) is 0. The van der Waals surface area contributed by atoms with Gasteiger partial charge >= 0.3 is 0 Å². The van der Waals surface area contributed by atoms with Gasteiger partial charge in [0.1, 0.15) is 0 Å². The van der Waals surface area contributed by atoms with Gasteiger partial charge in [-0.3, -0.25) is 0 Å². The zero-order valence-electron chi connectivity index (χ0n) is 10.3. The van der Waals surface area contributed by atoms with Gasteiger partial charge in [-0.2, -0.15) is 0 Å². The Bertz CT molecular complexity index is 226. The molecule has 1 rings (SSSR count). The fourth-order valence-corrected chi connectivity index (χ4v) is 1.88. The lowest BCUT2D eigenvalue weighted by atomic mass is 9.98. The average Bonchev–Trinajstić information content (AvgIpc) is 2.19. The lowest BCUT2D eigenvalue weighted by Gasteiger charge is -2.07. The summed E-state index contributed by atoms with van der Waals surface area (Å²) in [5, 5.41) is 0. The quantitative estimate of drug-likeness (QED) is 0.650. The normalized spacial score (nSPS) is 10.6. The molecule has 1 aromatic carbocycles. The van der Waals surface area contributed by atoms with Crippen molar-refractivity contribution in [1.82, 2.24) is 0 Å². The Balaban J connectivity index is 2.86. The van der Waals surface area contributed by atoms with Crippen LogP contribution < -0.4 is 0 Å². The summed E-state index contributed by atoms with van der Waals surface area (Å²) in [6.45, 7) is 6.67. The molecule has 0 saturated carbocycles. The Morgan fingerprint density at radius 2 is 1.27 bits per heavy atom. The van der Waals surface area contributed by atoms with Crippen molar-refractivity contribution in [3.63, 3.8) is 0 Å². The molecule has 0 fully saturated rings. The van der Waals surface area contributed by atoms with E-state index in [2.05, 4.69) is 39.0 Å². The average molecular weight is 202 g/mol. The van der Waals surface area contributed by atoms with E-state index in [1.54, 1.807) is 0 Å². The van der Waals surface area contributed by atoms with Crippen LogP contribution in [0, 0.1) is 12.1 Å². The van der Waals surface area contributed by atoms with Crippen LogP contribution in [0.5, 0.6) is 0 Å². The van der Waals surface area contributed by atoms with Gasteiger partial charge in [-0.25, -0.2) is 0 Å². The molecule has 2 radical (unpaired) electrons. The summed E-state index contributed by atoms with van der Waals surface area (Å²) in [7, 11) is 0. The van der Waals surface area contributed by atoms with Crippen molar-refractivity contribution in [2.45, 2.75) is 59.3 Å². The number of benzene rings is 1. The molecule has 15 heavy (non-hydrogen) atoms. The zero-order chi connectivity index (χ0) is 11.1. The first-order valence-electron chi connectivity index (χ1n) is 6.26. The maximum atomic E-state index is 3.49. The molecule has 0 atom stereocenters. The third-order valence-electron chi connectivity index (χ3n) is 2.51. The molecular weight excluding hydrogens is 180 g/mol. The summed E-state index contributed by atoms with van der Waals surface area (Å²) in [5.74, 6) is 0. The van der Waals surface area contributed by atoms with E-state index in [1.165, 1.54) is 36.0 Å². The standard InChI is InChI=1S/C15H22/c1-4-7-13-10-14(8-5-2)12-15(11-13)9-6-3/h10H,4-9H2,1-3H3. The second-order valence-electron chi connectivity index (χ2n) is 4.17. The Morgan fingerprint density at radius 1 is 0.800 bits per heavy atom. The first-order valence-corrected chi connectivity index (χ1v) is 6.26. The summed E-state index contributed by atoms with van der Waals surface area (Å²) in [4.78, 5) is 0. The van der Waals surface area contributed by atoms with Gasteiger partial charge in [-0.1, -0.05) is 46.1 Å². The highest BCUT2D eigenvalue weighted by molar-refractivity contribution is 5.28. The monoisotopic (exact) mass is 202 g/mol. The minimum Gasteiger partial charge on any atom is -0.0651 e. The highest BCUT2D eigenvalue weighted by Gasteiger charge is 2.01. The van der Waals surface area contributed by atoms with Gasteiger partial charge in [0.15, 0.2) is 0 Å². The second-order valence-corrected chi connectivity index (χ2v) is 4.17. The molecule has 0 saturated heterocycles. The molecule has 0 N–H and O–H groups in total. The zero-order valence-corrected chi connectivity index (χ0v) is 10.3. The van der Waals surface area contributed by atoms with Crippen LogP contribution in [0.2, 0.25) is 0 Å². The van der Waals surface area contributed by atoms with Crippen LogP contribution in [-0.4, -0.2) is 0 Å². The van der Waals surface area contributed by atoms with Gasteiger partial charge in [0.25, 0.3) is 0 Å². The molecule has 1 aromatic rings. The van der Waals surface area contributed by atoms with Crippen molar-refractivity contribution in [1.29, 1.82) is 0 Å². The third-order valence-corrected chi connectivity index (χ3v) is 2.51. The molecule has 0 unspecified atom stereocenters. The van der Waals surface area contributed by atoms with Crippen molar-refractivity contribution in [3.05, 3.63) is 34.9 Å². The minimum atomic E-state index is 1.12. The number of aryl methyl sites for hydroxylation is 3. The molecule has 82 valence electrons. The van der Waals surface area contributed by atoms with Crippen LogP contribution in [-0.2, 0) is 19.3 Å². The summed E-state index contributed by atoms with van der Waals surface area (Å²) in [6.07, 6.45) is 7.03. The molecule has 0 nitrogen and oxygen atoms in total. The summed E-state index contributed by atoms with van der Waals surface area (Å²) in [6, 6.07) is 9.26. The van der Waals surface area contributed by atoms with Crippen molar-refractivity contribution in [2.24, 2.45) is 0 Å². The SMILES string of the molecule is CCCc1[c]c(CCC)cc(CCC)[c]1. The molecule has 0 aromatic heterocycles. The summed E-state index contributed by atoms with van der Waals surface area (Å²) in [5.41, 5.74) is 4.04. The predicted octanol–water partition coefficient (Wildman–Crippen LogP) is 4.14. The van der Waals surface area contributed by atoms with Crippen molar-refractivity contribution >= 4 is 0 Å². The lowest BCUT2D eigenvalue weighted by molar-refractivity contribution is 0.866. The molecular formula is C15H22. The van der Waals surface area contributed by atoms with Crippen LogP contribution in [0.25, 0.3) is 0 Å². The molecule has 0 heteroatoms. The second kappa shape index (κ2) is 6.66. The van der Waals surface area contributed by atoms with Crippen LogP contribution in [0.3, 0.4) is 0 Å². The summed E-state index contributed by atoms with van der Waals surface area (Å²) >= 11 is 0. The van der Waals surface area contributed by atoms with E-state index in [0.29, 0.717) is 0 Å². The largest absolute Gasteiger partial charge is 0.0651 e. The predicted molar refractivity (Wildman–Crippen MR) is 66.1 cm³/mol. The van der Waals surface area contributed by atoms with E-state index in [0.717, 1.165) is 19.3 Å². The van der Waals surface area contributed by atoms with Crippen molar-refractivity contribution in [3.8, 4) is 0 Å². The first kappa shape index (κ1) is 12.3. The molecule has 0 aliphatic carbocycles. The Kier molecular flexibility index (Phi) is 5.45.